The topological polar surface area (TPSA) is 91.6 Å². The van der Waals surface area contributed by atoms with E-state index in [1.165, 1.54) is 0 Å². The molecule has 0 aliphatic rings. The van der Waals surface area contributed by atoms with Crippen LogP contribution in [0, 0.1) is 0 Å². The summed E-state index contributed by atoms with van der Waals surface area (Å²) in [5, 5.41) is 7.81. The van der Waals surface area contributed by atoms with E-state index in [-0.39, 0.29) is 35.4 Å². The van der Waals surface area contributed by atoms with E-state index in [1.54, 1.807) is 30.3 Å². The molecule has 1 heterocycles. The van der Waals surface area contributed by atoms with E-state index in [4.69, 9.17) is 0 Å². The summed E-state index contributed by atoms with van der Waals surface area (Å²) < 4.78 is 29.0. The molecule has 0 atom stereocenters. The third kappa shape index (κ3) is 7.55. The van der Waals surface area contributed by atoms with Crippen LogP contribution in [0.5, 0.6) is 0 Å². The summed E-state index contributed by atoms with van der Waals surface area (Å²) in [5.74, 6) is 1.07. The number of rotatable bonds is 9. The van der Waals surface area contributed by atoms with Gasteiger partial charge in [-0.1, -0.05) is 32.0 Å². The Bertz CT molecular complexity index is 913. The van der Waals surface area contributed by atoms with Gasteiger partial charge in [-0.25, -0.2) is 13.1 Å². The van der Waals surface area contributed by atoms with Gasteiger partial charge in [0.2, 0.25) is 10.0 Å². The second-order valence-electron chi connectivity index (χ2n) is 7.17. The first kappa shape index (κ1) is 26.4. The quantitative estimate of drug-likeness (QED) is 0.218. The minimum Gasteiger partial charge on any atom is -0.357 e. The molecule has 8 nitrogen and oxygen atoms in total. The molecule has 10 heteroatoms. The summed E-state index contributed by atoms with van der Waals surface area (Å²) in [5.41, 5.74) is 2.23. The van der Waals surface area contributed by atoms with Crippen molar-refractivity contribution in [3.63, 3.8) is 0 Å². The zero-order chi connectivity index (χ0) is 21.4. The predicted octanol–water partition coefficient (Wildman–Crippen LogP) is 2.54. The van der Waals surface area contributed by atoms with Gasteiger partial charge in [-0.3, -0.25) is 9.67 Å². The minimum absolute atomic E-state index is 0. The van der Waals surface area contributed by atoms with E-state index >= 15 is 0 Å². The van der Waals surface area contributed by atoms with Crippen molar-refractivity contribution >= 4 is 40.0 Å². The molecule has 0 saturated carbocycles. The molecule has 0 amide bonds. The van der Waals surface area contributed by atoms with Crippen molar-refractivity contribution in [2.24, 2.45) is 12.0 Å². The van der Waals surface area contributed by atoms with Crippen molar-refractivity contribution < 1.29 is 8.42 Å². The Morgan fingerprint density at radius 1 is 1.27 bits per heavy atom. The number of aliphatic imine (C=N–C) groups is 1. The molecule has 1 aromatic carbocycles. The molecule has 168 valence electrons. The highest BCUT2D eigenvalue weighted by atomic mass is 127. The number of guanidine groups is 1. The lowest BCUT2D eigenvalue weighted by Gasteiger charge is -2.22. The van der Waals surface area contributed by atoms with Crippen LogP contribution in [0.1, 0.15) is 37.9 Å². The second-order valence-corrected chi connectivity index (χ2v) is 8.94. The number of sulfonamides is 1. The van der Waals surface area contributed by atoms with E-state index in [0.29, 0.717) is 19.0 Å². The number of nitrogens with zero attached hydrogens (tertiary/aromatic N) is 4. The maximum absolute atomic E-state index is 12.3. The van der Waals surface area contributed by atoms with Gasteiger partial charge < -0.3 is 10.2 Å². The molecule has 0 spiro atoms. The fraction of sp³-hybridized carbons (Fsp3) is 0.500. The standard InChI is InChI=1S/C20H32N6O2S.HI/c1-6-21-20(25(4)14-17-15-26(5)24-19(17)16(2)3)22-12-13-23-29(27,28)18-10-8-7-9-11-18;/h7-11,15-16,23H,6,12-14H2,1-5H3,(H,21,22);1H. The number of halogens is 1. The smallest absolute Gasteiger partial charge is 0.240 e. The van der Waals surface area contributed by atoms with Gasteiger partial charge >= 0.3 is 0 Å². The van der Waals surface area contributed by atoms with Gasteiger partial charge in [-0.2, -0.15) is 5.10 Å². The highest BCUT2D eigenvalue weighted by Gasteiger charge is 2.15. The Kier molecular flexibility index (Phi) is 10.8. The van der Waals surface area contributed by atoms with Crippen LogP contribution in [-0.2, 0) is 23.6 Å². The molecule has 30 heavy (non-hydrogen) atoms. The van der Waals surface area contributed by atoms with Gasteiger partial charge in [0.05, 0.1) is 17.1 Å². The lowest BCUT2D eigenvalue weighted by Crippen LogP contribution is -2.39. The summed E-state index contributed by atoms with van der Waals surface area (Å²) >= 11 is 0. The first-order chi connectivity index (χ1) is 13.7. The van der Waals surface area contributed by atoms with Gasteiger partial charge in [0.25, 0.3) is 0 Å². The normalized spacial score (nSPS) is 12.0. The van der Waals surface area contributed by atoms with Crippen molar-refractivity contribution in [1.82, 2.24) is 24.7 Å². The minimum atomic E-state index is -3.52. The van der Waals surface area contributed by atoms with Gasteiger partial charge in [0.15, 0.2) is 5.96 Å². The number of aromatic nitrogens is 2. The van der Waals surface area contributed by atoms with Crippen molar-refractivity contribution in [2.45, 2.75) is 38.1 Å². The molecule has 0 fully saturated rings. The third-order valence-electron chi connectivity index (χ3n) is 4.31. The molecule has 0 saturated heterocycles. The van der Waals surface area contributed by atoms with E-state index in [2.05, 4.69) is 34.0 Å². The van der Waals surface area contributed by atoms with Crippen LogP contribution < -0.4 is 10.0 Å². The zero-order valence-corrected chi connectivity index (χ0v) is 21.4. The number of hydrogen-bond donors (Lipinski definition) is 2. The van der Waals surface area contributed by atoms with E-state index in [0.717, 1.165) is 23.8 Å². The first-order valence-corrected chi connectivity index (χ1v) is 11.3. The Morgan fingerprint density at radius 2 is 1.93 bits per heavy atom. The number of benzene rings is 1. The largest absolute Gasteiger partial charge is 0.357 e. The van der Waals surface area contributed by atoms with Gasteiger partial charge in [-0.05, 0) is 25.0 Å². The lowest BCUT2D eigenvalue weighted by atomic mass is 10.1. The monoisotopic (exact) mass is 548 g/mol. The molecular formula is C20H33IN6O2S. The van der Waals surface area contributed by atoms with E-state index in [1.807, 2.05) is 36.8 Å². The van der Waals surface area contributed by atoms with Crippen LogP contribution in [0.4, 0.5) is 0 Å². The van der Waals surface area contributed by atoms with Crippen LogP contribution in [0.15, 0.2) is 46.4 Å². The summed E-state index contributed by atoms with van der Waals surface area (Å²) in [6, 6.07) is 8.34. The van der Waals surface area contributed by atoms with Gasteiger partial charge in [0, 0.05) is 45.5 Å². The van der Waals surface area contributed by atoms with E-state index in [9.17, 15) is 8.42 Å². The van der Waals surface area contributed by atoms with Crippen LogP contribution in [0.3, 0.4) is 0 Å². The van der Waals surface area contributed by atoms with Crippen molar-refractivity contribution in [1.29, 1.82) is 0 Å². The summed E-state index contributed by atoms with van der Waals surface area (Å²) in [6.45, 7) is 8.22. The zero-order valence-electron chi connectivity index (χ0n) is 18.3. The molecule has 1 aromatic heterocycles. The molecular weight excluding hydrogens is 515 g/mol. The highest BCUT2D eigenvalue weighted by Crippen LogP contribution is 2.18. The molecule has 0 bridgehead atoms. The second kappa shape index (κ2) is 12.3. The molecule has 2 aromatic rings. The molecule has 0 aliphatic heterocycles. The lowest BCUT2D eigenvalue weighted by molar-refractivity contribution is 0.473. The Morgan fingerprint density at radius 3 is 2.53 bits per heavy atom. The maximum Gasteiger partial charge on any atom is 0.240 e. The predicted molar refractivity (Wildman–Crippen MR) is 132 cm³/mol. The number of hydrogen-bond acceptors (Lipinski definition) is 4. The maximum atomic E-state index is 12.3. The Labute approximate surface area is 197 Å². The summed E-state index contributed by atoms with van der Waals surface area (Å²) in [7, 11) is 0.373. The van der Waals surface area contributed by atoms with Crippen molar-refractivity contribution in [3.8, 4) is 0 Å². The fourth-order valence-electron chi connectivity index (χ4n) is 2.99. The average Bonchev–Trinajstić information content (AvgIpc) is 3.05. The molecule has 2 rings (SSSR count). The van der Waals surface area contributed by atoms with Crippen LogP contribution in [0.2, 0.25) is 0 Å². The number of aryl methyl sites for hydroxylation is 1. The van der Waals surface area contributed by atoms with Crippen molar-refractivity contribution in [2.75, 3.05) is 26.7 Å². The molecule has 0 aliphatic carbocycles. The fourth-order valence-corrected chi connectivity index (χ4v) is 4.03. The van der Waals surface area contributed by atoms with E-state index < -0.39 is 10.0 Å². The van der Waals surface area contributed by atoms with Crippen LogP contribution >= 0.6 is 24.0 Å². The van der Waals surface area contributed by atoms with Gasteiger partial charge in [-0.15, -0.1) is 24.0 Å². The third-order valence-corrected chi connectivity index (χ3v) is 5.78. The average molecular weight is 548 g/mol. The molecule has 2 N–H and O–H groups in total. The van der Waals surface area contributed by atoms with Crippen LogP contribution in [-0.4, -0.2) is 55.7 Å². The SMILES string of the molecule is CCNC(=NCCNS(=O)(=O)c1ccccc1)N(C)Cc1cn(C)nc1C(C)C.I. The first-order valence-electron chi connectivity index (χ1n) is 9.81. The highest BCUT2D eigenvalue weighted by molar-refractivity contribution is 14.0. The molecule has 0 unspecified atom stereocenters. The Balaban J connectivity index is 0.00000450. The molecule has 0 radical (unpaired) electrons. The number of nitrogens with one attached hydrogen (secondary N) is 2. The van der Waals surface area contributed by atoms with Crippen molar-refractivity contribution in [3.05, 3.63) is 47.8 Å². The Hall–Kier alpha value is -1.66. The van der Waals surface area contributed by atoms with Gasteiger partial charge in [0.1, 0.15) is 0 Å². The van der Waals surface area contributed by atoms with Crippen LogP contribution in [0.25, 0.3) is 0 Å². The summed E-state index contributed by atoms with van der Waals surface area (Å²) in [4.78, 5) is 6.85. The summed E-state index contributed by atoms with van der Waals surface area (Å²) in [6.07, 6.45) is 2.03.